The molecule has 0 aromatic heterocycles. The minimum atomic E-state index is 0.266. The fraction of sp³-hybridized carbons (Fsp3) is 0.647. The fourth-order valence-electron chi connectivity index (χ4n) is 3.47. The van der Waals surface area contributed by atoms with Crippen LogP contribution in [0.4, 0.5) is 0 Å². The molecule has 1 aromatic carbocycles. The van der Waals surface area contributed by atoms with E-state index in [1.54, 1.807) is 0 Å². The first-order valence-corrected chi connectivity index (χ1v) is 9.10. The number of nitrogens with zero attached hydrogens (tertiary/aromatic N) is 1. The molecule has 1 atom stereocenters. The second-order valence-electron chi connectivity index (χ2n) is 6.17. The molecular formula is C17H26BrClN2. The smallest absolute Gasteiger partial charge is 0.0548 e. The van der Waals surface area contributed by atoms with E-state index < -0.39 is 0 Å². The molecular weight excluding hydrogens is 348 g/mol. The van der Waals surface area contributed by atoms with Crippen LogP contribution in [0.3, 0.4) is 0 Å². The Labute approximate surface area is 142 Å². The van der Waals surface area contributed by atoms with Gasteiger partial charge >= 0.3 is 0 Å². The number of halogens is 2. The standard InChI is InChI=1S/C17H26BrClN2/c1-3-12-4-7-14(8-5-12)21(2)17(11-20)13-6-9-16(19)15(18)10-13/h6,9-10,12,14,17H,3-5,7-8,11,20H2,1-2H3. The van der Waals surface area contributed by atoms with E-state index in [-0.39, 0.29) is 6.04 Å². The maximum Gasteiger partial charge on any atom is 0.0548 e. The third-order valence-electron chi connectivity index (χ3n) is 5.01. The molecule has 1 unspecified atom stereocenters. The molecule has 0 radical (unpaired) electrons. The van der Waals surface area contributed by atoms with Crippen LogP contribution in [-0.2, 0) is 0 Å². The molecule has 2 rings (SSSR count). The van der Waals surface area contributed by atoms with E-state index in [4.69, 9.17) is 17.3 Å². The second kappa shape index (κ2) is 7.96. The average molecular weight is 374 g/mol. The summed E-state index contributed by atoms with van der Waals surface area (Å²) in [5.41, 5.74) is 7.31. The van der Waals surface area contributed by atoms with Crippen molar-refractivity contribution in [3.05, 3.63) is 33.3 Å². The molecule has 2 N–H and O–H groups in total. The monoisotopic (exact) mass is 372 g/mol. The van der Waals surface area contributed by atoms with Crippen molar-refractivity contribution < 1.29 is 0 Å². The van der Waals surface area contributed by atoms with Gasteiger partial charge in [0.1, 0.15) is 0 Å². The summed E-state index contributed by atoms with van der Waals surface area (Å²) in [4.78, 5) is 2.47. The zero-order valence-corrected chi connectivity index (χ0v) is 15.3. The number of rotatable bonds is 5. The highest BCUT2D eigenvalue weighted by molar-refractivity contribution is 9.10. The van der Waals surface area contributed by atoms with Gasteiger partial charge in [-0.3, -0.25) is 4.90 Å². The van der Waals surface area contributed by atoms with Crippen LogP contribution in [0.1, 0.15) is 50.6 Å². The number of likely N-dealkylation sites (N-methyl/N-ethyl adjacent to an activating group) is 1. The largest absolute Gasteiger partial charge is 0.329 e. The predicted molar refractivity (Wildman–Crippen MR) is 94.7 cm³/mol. The van der Waals surface area contributed by atoms with Crippen LogP contribution >= 0.6 is 27.5 Å². The molecule has 1 aromatic rings. The van der Waals surface area contributed by atoms with Crippen LogP contribution in [0, 0.1) is 5.92 Å². The molecule has 2 nitrogen and oxygen atoms in total. The zero-order chi connectivity index (χ0) is 15.4. The lowest BCUT2D eigenvalue weighted by atomic mass is 9.83. The van der Waals surface area contributed by atoms with Gasteiger partial charge in [-0.25, -0.2) is 0 Å². The van der Waals surface area contributed by atoms with Gasteiger partial charge in [0, 0.05) is 23.1 Å². The van der Waals surface area contributed by atoms with Crippen molar-refractivity contribution in [2.75, 3.05) is 13.6 Å². The highest BCUT2D eigenvalue weighted by Gasteiger charge is 2.27. The zero-order valence-electron chi connectivity index (χ0n) is 13.0. The number of hydrogen-bond acceptors (Lipinski definition) is 2. The summed E-state index contributed by atoms with van der Waals surface area (Å²) >= 11 is 9.61. The minimum Gasteiger partial charge on any atom is -0.329 e. The fourth-order valence-corrected chi connectivity index (χ4v) is 3.99. The molecule has 0 bridgehead atoms. The third-order valence-corrected chi connectivity index (χ3v) is 6.23. The normalized spacial score (nSPS) is 24.3. The van der Waals surface area contributed by atoms with Gasteiger partial charge < -0.3 is 5.73 Å². The van der Waals surface area contributed by atoms with Gasteiger partial charge in [-0.2, -0.15) is 0 Å². The Morgan fingerprint density at radius 1 is 1.33 bits per heavy atom. The lowest BCUT2D eigenvalue weighted by molar-refractivity contribution is 0.122. The van der Waals surface area contributed by atoms with Crippen LogP contribution in [0.5, 0.6) is 0 Å². The van der Waals surface area contributed by atoms with Gasteiger partial charge in [-0.1, -0.05) is 31.0 Å². The van der Waals surface area contributed by atoms with Crippen molar-refractivity contribution in [1.82, 2.24) is 4.90 Å². The van der Waals surface area contributed by atoms with Gasteiger partial charge in [0.15, 0.2) is 0 Å². The van der Waals surface area contributed by atoms with Gasteiger partial charge in [0.25, 0.3) is 0 Å². The van der Waals surface area contributed by atoms with E-state index in [0.717, 1.165) is 15.4 Å². The Bertz CT molecular complexity index is 458. The van der Waals surface area contributed by atoms with Crippen LogP contribution in [-0.4, -0.2) is 24.5 Å². The molecule has 0 spiro atoms. The average Bonchev–Trinajstić information content (AvgIpc) is 2.51. The first kappa shape index (κ1) is 17.3. The van der Waals surface area contributed by atoms with E-state index >= 15 is 0 Å². The Morgan fingerprint density at radius 2 is 2.00 bits per heavy atom. The number of benzene rings is 1. The molecule has 4 heteroatoms. The molecule has 21 heavy (non-hydrogen) atoms. The van der Waals surface area contributed by atoms with Crippen LogP contribution in [0.2, 0.25) is 5.02 Å². The first-order chi connectivity index (χ1) is 10.1. The summed E-state index contributed by atoms with van der Waals surface area (Å²) in [5.74, 6) is 0.927. The van der Waals surface area contributed by atoms with E-state index in [0.29, 0.717) is 12.6 Å². The van der Waals surface area contributed by atoms with Crippen molar-refractivity contribution in [1.29, 1.82) is 0 Å². The molecule has 0 saturated heterocycles. The van der Waals surface area contributed by atoms with Crippen LogP contribution < -0.4 is 5.73 Å². The summed E-state index contributed by atoms with van der Waals surface area (Å²) in [5, 5.41) is 0.751. The first-order valence-electron chi connectivity index (χ1n) is 7.93. The van der Waals surface area contributed by atoms with Gasteiger partial charge in [-0.15, -0.1) is 0 Å². The highest BCUT2D eigenvalue weighted by Crippen LogP contribution is 2.34. The van der Waals surface area contributed by atoms with Crippen LogP contribution in [0.25, 0.3) is 0 Å². The van der Waals surface area contributed by atoms with Crippen molar-refractivity contribution in [2.45, 2.75) is 51.1 Å². The lowest BCUT2D eigenvalue weighted by Crippen LogP contribution is -2.40. The molecule has 1 aliphatic carbocycles. The Hall–Kier alpha value is -0.0900. The van der Waals surface area contributed by atoms with Crippen LogP contribution in [0.15, 0.2) is 22.7 Å². The Kier molecular flexibility index (Phi) is 6.54. The lowest BCUT2D eigenvalue weighted by Gasteiger charge is -2.39. The van der Waals surface area contributed by atoms with Crippen molar-refractivity contribution in [2.24, 2.45) is 11.7 Å². The van der Waals surface area contributed by atoms with E-state index in [1.165, 1.54) is 37.7 Å². The number of hydrogen-bond donors (Lipinski definition) is 1. The maximum atomic E-state index is 6.10. The van der Waals surface area contributed by atoms with Gasteiger partial charge in [0.2, 0.25) is 0 Å². The molecule has 1 fully saturated rings. The Balaban J connectivity index is 2.08. The summed E-state index contributed by atoms with van der Waals surface area (Å²) in [6.07, 6.45) is 6.61. The molecule has 0 heterocycles. The van der Waals surface area contributed by atoms with E-state index in [9.17, 15) is 0 Å². The minimum absolute atomic E-state index is 0.266. The Morgan fingerprint density at radius 3 is 2.52 bits per heavy atom. The topological polar surface area (TPSA) is 29.3 Å². The quantitative estimate of drug-likeness (QED) is 0.786. The molecule has 118 valence electrons. The van der Waals surface area contributed by atoms with Crippen molar-refractivity contribution in [3.63, 3.8) is 0 Å². The summed E-state index contributed by atoms with van der Waals surface area (Å²) in [6.45, 7) is 2.95. The summed E-state index contributed by atoms with van der Waals surface area (Å²) in [7, 11) is 2.22. The molecule has 1 saturated carbocycles. The predicted octanol–water partition coefficient (Wildman–Crippen LogP) is 5.00. The third kappa shape index (κ3) is 4.22. The number of nitrogens with two attached hydrogens (primary N) is 1. The second-order valence-corrected chi connectivity index (χ2v) is 7.43. The molecule has 0 aliphatic heterocycles. The molecule has 0 amide bonds. The summed E-state index contributed by atoms with van der Waals surface area (Å²) in [6, 6.07) is 7.07. The summed E-state index contributed by atoms with van der Waals surface area (Å²) < 4.78 is 0.947. The highest BCUT2D eigenvalue weighted by atomic mass is 79.9. The SMILES string of the molecule is CCC1CCC(N(C)C(CN)c2ccc(Cl)c(Br)c2)CC1. The van der Waals surface area contributed by atoms with E-state index in [2.05, 4.69) is 46.9 Å². The van der Waals surface area contributed by atoms with Crippen molar-refractivity contribution in [3.8, 4) is 0 Å². The maximum absolute atomic E-state index is 6.10. The van der Waals surface area contributed by atoms with Gasteiger partial charge in [-0.05, 0) is 72.3 Å². The van der Waals surface area contributed by atoms with E-state index in [1.807, 2.05) is 6.07 Å². The van der Waals surface area contributed by atoms with Crippen molar-refractivity contribution >= 4 is 27.5 Å². The van der Waals surface area contributed by atoms with Gasteiger partial charge in [0.05, 0.1) is 5.02 Å². The molecule has 1 aliphatic rings.